The molecule has 98 valence electrons. The topological polar surface area (TPSA) is 15.3 Å². The van der Waals surface area contributed by atoms with Gasteiger partial charge in [0.2, 0.25) is 0 Å². The molecule has 0 aromatic rings. The van der Waals surface area contributed by atoms with Crippen molar-refractivity contribution in [3.8, 4) is 0 Å². The van der Waals surface area contributed by atoms with Gasteiger partial charge in [-0.1, -0.05) is 19.3 Å². The monoisotopic (exact) mass is 236 g/mol. The summed E-state index contributed by atoms with van der Waals surface area (Å²) in [5.41, 5.74) is 0.582. The molecule has 1 unspecified atom stereocenters. The molecule has 1 N–H and O–H groups in total. The zero-order valence-corrected chi connectivity index (χ0v) is 11.4. The van der Waals surface area contributed by atoms with Gasteiger partial charge in [-0.15, -0.1) is 0 Å². The lowest BCUT2D eigenvalue weighted by atomic mass is 9.83. The van der Waals surface area contributed by atoms with Crippen LogP contribution in [0.3, 0.4) is 0 Å². The Morgan fingerprint density at radius 2 is 1.82 bits per heavy atom. The Morgan fingerprint density at radius 1 is 1.06 bits per heavy atom. The highest BCUT2D eigenvalue weighted by Gasteiger charge is 2.44. The number of rotatable bonds is 2. The number of nitrogens with zero attached hydrogens (tertiary/aromatic N) is 1. The largest absolute Gasteiger partial charge is 0.312 e. The first kappa shape index (κ1) is 12.0. The molecule has 2 saturated carbocycles. The summed E-state index contributed by atoms with van der Waals surface area (Å²) in [6, 6.07) is 0.787. The van der Waals surface area contributed by atoms with Gasteiger partial charge < -0.3 is 5.32 Å². The van der Waals surface area contributed by atoms with Gasteiger partial charge in [0.15, 0.2) is 0 Å². The Kier molecular flexibility index (Phi) is 3.45. The van der Waals surface area contributed by atoms with Crippen LogP contribution < -0.4 is 5.32 Å². The van der Waals surface area contributed by atoms with Crippen molar-refractivity contribution in [1.82, 2.24) is 10.2 Å². The smallest absolute Gasteiger partial charge is 0.0223 e. The second-order valence-electron chi connectivity index (χ2n) is 6.76. The molecule has 3 fully saturated rings. The van der Waals surface area contributed by atoms with E-state index in [9.17, 15) is 0 Å². The van der Waals surface area contributed by atoms with Crippen LogP contribution in [0.1, 0.15) is 58.3 Å². The molecular formula is C15H28N2. The van der Waals surface area contributed by atoms with Crippen molar-refractivity contribution < 1.29 is 0 Å². The van der Waals surface area contributed by atoms with E-state index < -0.39 is 0 Å². The maximum absolute atomic E-state index is 3.84. The molecule has 0 aromatic carbocycles. The molecule has 0 spiro atoms. The highest BCUT2D eigenvalue weighted by molar-refractivity contribution is 5.02. The second-order valence-corrected chi connectivity index (χ2v) is 6.76. The average molecular weight is 236 g/mol. The average Bonchev–Trinajstić information content (AvgIpc) is 3.13. The lowest BCUT2D eigenvalue weighted by Crippen LogP contribution is -2.46. The zero-order valence-electron chi connectivity index (χ0n) is 11.4. The summed E-state index contributed by atoms with van der Waals surface area (Å²) in [7, 11) is 0. The minimum Gasteiger partial charge on any atom is -0.312 e. The third-order valence-electron chi connectivity index (χ3n) is 5.38. The number of nitrogens with one attached hydrogen (secondary N) is 1. The molecular weight excluding hydrogens is 208 g/mol. The van der Waals surface area contributed by atoms with Gasteiger partial charge in [-0.3, -0.25) is 4.90 Å². The van der Waals surface area contributed by atoms with E-state index in [0.29, 0.717) is 5.54 Å². The van der Waals surface area contributed by atoms with Crippen LogP contribution >= 0.6 is 0 Å². The van der Waals surface area contributed by atoms with Crippen molar-refractivity contribution in [2.24, 2.45) is 5.92 Å². The highest BCUT2D eigenvalue weighted by Crippen LogP contribution is 2.42. The molecule has 1 aliphatic heterocycles. The molecule has 2 aliphatic carbocycles. The summed E-state index contributed by atoms with van der Waals surface area (Å²) in [5.74, 6) is 0.965. The van der Waals surface area contributed by atoms with Crippen LogP contribution in [0.5, 0.6) is 0 Å². The molecule has 1 atom stereocenters. The van der Waals surface area contributed by atoms with Crippen molar-refractivity contribution in [3.63, 3.8) is 0 Å². The van der Waals surface area contributed by atoms with Gasteiger partial charge in [0.25, 0.3) is 0 Å². The van der Waals surface area contributed by atoms with Gasteiger partial charge in [0.1, 0.15) is 0 Å². The minimum absolute atomic E-state index is 0.582. The zero-order chi connectivity index (χ0) is 11.7. The van der Waals surface area contributed by atoms with E-state index >= 15 is 0 Å². The van der Waals surface area contributed by atoms with E-state index in [4.69, 9.17) is 0 Å². The van der Waals surface area contributed by atoms with Gasteiger partial charge in [-0.05, 0) is 58.0 Å². The van der Waals surface area contributed by atoms with Crippen molar-refractivity contribution in [3.05, 3.63) is 0 Å². The first-order valence-corrected chi connectivity index (χ1v) is 7.76. The molecule has 1 saturated heterocycles. The lowest BCUT2D eigenvalue weighted by molar-refractivity contribution is 0.157. The Balaban J connectivity index is 1.62. The van der Waals surface area contributed by atoms with Gasteiger partial charge in [0.05, 0.1) is 0 Å². The molecule has 0 radical (unpaired) electrons. The predicted molar refractivity (Wildman–Crippen MR) is 72.2 cm³/mol. The Labute approximate surface area is 106 Å². The van der Waals surface area contributed by atoms with Crippen LogP contribution in [0.25, 0.3) is 0 Å². The standard InChI is InChI=1S/C15H28N2/c1-15(8-9-15)17-11-5-10-16-14(12-17)13-6-3-2-4-7-13/h13-14,16H,2-12H2,1H3. The third-order valence-corrected chi connectivity index (χ3v) is 5.38. The van der Waals surface area contributed by atoms with Gasteiger partial charge in [-0.2, -0.15) is 0 Å². The first-order valence-electron chi connectivity index (χ1n) is 7.76. The molecule has 0 aromatic heterocycles. The summed E-state index contributed by atoms with van der Waals surface area (Å²) in [5, 5.41) is 3.84. The minimum atomic E-state index is 0.582. The van der Waals surface area contributed by atoms with Crippen molar-refractivity contribution in [2.75, 3.05) is 19.6 Å². The fraction of sp³-hybridized carbons (Fsp3) is 1.00. The summed E-state index contributed by atoms with van der Waals surface area (Å²) < 4.78 is 0. The number of hydrogen-bond donors (Lipinski definition) is 1. The summed E-state index contributed by atoms with van der Waals surface area (Å²) in [6.45, 7) is 6.36. The van der Waals surface area contributed by atoms with Crippen molar-refractivity contribution in [2.45, 2.75) is 69.9 Å². The van der Waals surface area contributed by atoms with Crippen molar-refractivity contribution in [1.29, 1.82) is 0 Å². The predicted octanol–water partition coefficient (Wildman–Crippen LogP) is 2.78. The van der Waals surface area contributed by atoms with Gasteiger partial charge in [-0.25, -0.2) is 0 Å². The van der Waals surface area contributed by atoms with E-state index in [0.717, 1.165) is 12.0 Å². The van der Waals surface area contributed by atoms with E-state index in [1.807, 2.05) is 0 Å². The van der Waals surface area contributed by atoms with Crippen LogP contribution in [0.2, 0.25) is 0 Å². The lowest BCUT2D eigenvalue weighted by Gasteiger charge is -2.35. The first-order chi connectivity index (χ1) is 8.28. The summed E-state index contributed by atoms with van der Waals surface area (Å²) in [6.07, 6.45) is 11.6. The Bertz CT molecular complexity index is 254. The molecule has 0 amide bonds. The van der Waals surface area contributed by atoms with Gasteiger partial charge in [0, 0.05) is 18.1 Å². The fourth-order valence-corrected chi connectivity index (χ4v) is 3.79. The van der Waals surface area contributed by atoms with E-state index in [1.54, 1.807) is 0 Å². The molecule has 2 heteroatoms. The quantitative estimate of drug-likeness (QED) is 0.793. The Morgan fingerprint density at radius 3 is 2.53 bits per heavy atom. The van der Waals surface area contributed by atoms with E-state index in [-0.39, 0.29) is 0 Å². The fourth-order valence-electron chi connectivity index (χ4n) is 3.79. The molecule has 3 rings (SSSR count). The van der Waals surface area contributed by atoms with Crippen LogP contribution in [0, 0.1) is 5.92 Å². The van der Waals surface area contributed by atoms with Crippen LogP contribution in [0.15, 0.2) is 0 Å². The molecule has 2 nitrogen and oxygen atoms in total. The highest BCUT2D eigenvalue weighted by atomic mass is 15.2. The van der Waals surface area contributed by atoms with Crippen molar-refractivity contribution >= 4 is 0 Å². The molecule has 3 aliphatic rings. The van der Waals surface area contributed by atoms with Crippen LogP contribution in [-0.2, 0) is 0 Å². The van der Waals surface area contributed by atoms with Crippen LogP contribution in [0.4, 0.5) is 0 Å². The number of hydrogen-bond acceptors (Lipinski definition) is 2. The maximum atomic E-state index is 3.84. The summed E-state index contributed by atoms with van der Waals surface area (Å²) >= 11 is 0. The molecule has 0 bridgehead atoms. The van der Waals surface area contributed by atoms with E-state index in [2.05, 4.69) is 17.1 Å². The third kappa shape index (κ3) is 2.68. The molecule has 17 heavy (non-hydrogen) atoms. The van der Waals surface area contributed by atoms with Crippen LogP contribution in [-0.4, -0.2) is 36.1 Å². The summed E-state index contributed by atoms with van der Waals surface area (Å²) in [4.78, 5) is 2.80. The second kappa shape index (κ2) is 4.89. The Hall–Kier alpha value is -0.0800. The molecule has 1 heterocycles. The normalized spacial score (nSPS) is 35.5. The van der Waals surface area contributed by atoms with E-state index in [1.165, 1.54) is 71.0 Å². The maximum Gasteiger partial charge on any atom is 0.0223 e. The van der Waals surface area contributed by atoms with Gasteiger partial charge >= 0.3 is 0 Å². The SMILES string of the molecule is CC1(N2CCCNC(C3CCCCC3)C2)CC1.